The Labute approximate surface area is 108 Å². The highest BCUT2D eigenvalue weighted by Gasteiger charge is 2.25. The molecule has 0 radical (unpaired) electrons. The molecule has 1 aromatic rings. The van der Waals surface area contributed by atoms with Gasteiger partial charge in [-0.3, -0.25) is 4.98 Å². The minimum atomic E-state index is -0.540. The number of hydrogen-bond donors (Lipinski definition) is 2. The van der Waals surface area contributed by atoms with E-state index in [0.717, 1.165) is 38.0 Å². The van der Waals surface area contributed by atoms with Gasteiger partial charge in [0.05, 0.1) is 29.3 Å². The average Bonchev–Trinajstić information content (AvgIpc) is 2.50. The van der Waals surface area contributed by atoms with Crippen molar-refractivity contribution < 1.29 is 10.2 Å². The molecule has 1 aromatic heterocycles. The van der Waals surface area contributed by atoms with Gasteiger partial charge in [0.2, 0.25) is 0 Å². The number of hydrogen-bond acceptors (Lipinski definition) is 4. The molecule has 0 saturated carbocycles. The third kappa shape index (κ3) is 3.21. The fourth-order valence-corrected chi connectivity index (χ4v) is 2.35. The Morgan fingerprint density at radius 2 is 2.11 bits per heavy atom. The molecule has 100 valence electrons. The van der Waals surface area contributed by atoms with Crippen molar-refractivity contribution in [3.8, 4) is 0 Å². The van der Waals surface area contributed by atoms with Gasteiger partial charge in [0.15, 0.2) is 0 Å². The summed E-state index contributed by atoms with van der Waals surface area (Å²) < 4.78 is 0. The van der Waals surface area contributed by atoms with Crippen LogP contribution in [0.25, 0.3) is 0 Å². The van der Waals surface area contributed by atoms with Crippen molar-refractivity contribution in [3.63, 3.8) is 0 Å². The summed E-state index contributed by atoms with van der Waals surface area (Å²) in [6, 6.07) is 3.86. The van der Waals surface area contributed by atoms with E-state index in [1.807, 2.05) is 25.3 Å². The summed E-state index contributed by atoms with van der Waals surface area (Å²) in [4.78, 5) is 6.52. The second kappa shape index (κ2) is 5.24. The van der Waals surface area contributed by atoms with Crippen LogP contribution in [0.1, 0.15) is 44.9 Å². The maximum absolute atomic E-state index is 10.1. The molecule has 1 unspecified atom stereocenters. The lowest BCUT2D eigenvalue weighted by molar-refractivity contribution is 0.0481. The van der Waals surface area contributed by atoms with Gasteiger partial charge < -0.3 is 15.1 Å². The summed E-state index contributed by atoms with van der Waals surface area (Å²) in [5, 5.41) is 19.5. The van der Waals surface area contributed by atoms with Gasteiger partial charge in [0, 0.05) is 13.1 Å². The van der Waals surface area contributed by atoms with Gasteiger partial charge >= 0.3 is 0 Å². The number of nitrogens with zero attached hydrogens (tertiary/aromatic N) is 2. The molecule has 2 rings (SSSR count). The van der Waals surface area contributed by atoms with Gasteiger partial charge in [-0.05, 0) is 45.2 Å². The summed E-state index contributed by atoms with van der Waals surface area (Å²) in [5.74, 6) is 0. The van der Waals surface area contributed by atoms with E-state index in [-0.39, 0.29) is 0 Å². The van der Waals surface area contributed by atoms with Crippen LogP contribution in [0.4, 0.5) is 5.69 Å². The number of aliphatic hydroxyl groups excluding tert-OH is 1. The molecule has 2 N–H and O–H groups in total. The van der Waals surface area contributed by atoms with Gasteiger partial charge in [0.1, 0.15) is 0 Å². The Bertz CT molecular complexity index is 387. The quantitative estimate of drug-likeness (QED) is 0.841. The summed E-state index contributed by atoms with van der Waals surface area (Å²) in [7, 11) is 0. The highest BCUT2D eigenvalue weighted by atomic mass is 16.3. The molecule has 18 heavy (non-hydrogen) atoms. The van der Waals surface area contributed by atoms with E-state index in [2.05, 4.69) is 9.88 Å². The van der Waals surface area contributed by atoms with Crippen molar-refractivity contribution in [1.82, 2.24) is 4.98 Å². The maximum Gasteiger partial charge on any atom is 0.0931 e. The van der Waals surface area contributed by atoms with E-state index >= 15 is 0 Å². The Morgan fingerprint density at radius 3 is 2.72 bits per heavy atom. The molecule has 0 amide bonds. The summed E-state index contributed by atoms with van der Waals surface area (Å²) in [5.41, 5.74) is 1.22. The molecular formula is C14H22N2O2. The van der Waals surface area contributed by atoms with Crippen molar-refractivity contribution in [2.24, 2.45) is 0 Å². The first-order valence-corrected chi connectivity index (χ1v) is 6.59. The first-order valence-electron chi connectivity index (χ1n) is 6.59. The predicted octanol–water partition coefficient (Wildman–Crippen LogP) is 1.88. The number of aromatic nitrogens is 1. The van der Waals surface area contributed by atoms with E-state index in [0.29, 0.717) is 5.69 Å². The van der Waals surface area contributed by atoms with Gasteiger partial charge in [-0.25, -0.2) is 0 Å². The molecule has 4 nitrogen and oxygen atoms in total. The van der Waals surface area contributed by atoms with Gasteiger partial charge in [-0.1, -0.05) is 0 Å². The van der Waals surface area contributed by atoms with Crippen molar-refractivity contribution in [2.45, 2.75) is 44.8 Å². The zero-order valence-electron chi connectivity index (χ0n) is 11.1. The molecule has 0 aliphatic carbocycles. The van der Waals surface area contributed by atoms with Crippen LogP contribution in [0.3, 0.4) is 0 Å². The standard InChI is InChI=1S/C14H22N2O2/c1-11(17)13-5-4-12(10-15-13)16-8-3-6-14(2,18)7-9-16/h4-5,10-11,17-18H,3,6-9H2,1-2H3/t11-,14?/m1/s1. The minimum Gasteiger partial charge on any atom is -0.390 e. The molecule has 4 heteroatoms. The molecule has 2 atom stereocenters. The third-order valence-corrected chi connectivity index (χ3v) is 3.63. The van der Waals surface area contributed by atoms with Crippen LogP contribution >= 0.6 is 0 Å². The van der Waals surface area contributed by atoms with Crippen molar-refractivity contribution in [1.29, 1.82) is 0 Å². The lowest BCUT2D eigenvalue weighted by Gasteiger charge is -2.24. The molecule has 2 heterocycles. The number of anilines is 1. The molecule has 0 bridgehead atoms. The molecule has 1 aliphatic rings. The first kappa shape index (κ1) is 13.3. The monoisotopic (exact) mass is 250 g/mol. The van der Waals surface area contributed by atoms with Crippen molar-refractivity contribution in [2.75, 3.05) is 18.0 Å². The van der Waals surface area contributed by atoms with Crippen molar-refractivity contribution >= 4 is 5.69 Å². The summed E-state index contributed by atoms with van der Waals surface area (Å²) in [6.45, 7) is 5.42. The van der Waals surface area contributed by atoms with Gasteiger partial charge in [-0.15, -0.1) is 0 Å². The second-order valence-electron chi connectivity index (χ2n) is 5.45. The van der Waals surface area contributed by atoms with E-state index in [9.17, 15) is 10.2 Å². The first-order chi connectivity index (χ1) is 8.48. The highest BCUT2D eigenvalue weighted by molar-refractivity contribution is 5.44. The topological polar surface area (TPSA) is 56.6 Å². The summed E-state index contributed by atoms with van der Waals surface area (Å²) in [6.07, 6.45) is 3.91. The molecule has 1 aliphatic heterocycles. The van der Waals surface area contributed by atoms with Crippen LogP contribution in [0.5, 0.6) is 0 Å². The SMILES string of the molecule is C[C@@H](O)c1ccc(N2CCCC(C)(O)CC2)cn1. The van der Waals surface area contributed by atoms with Crippen LogP contribution in [0.15, 0.2) is 18.3 Å². The maximum atomic E-state index is 10.1. The molecular weight excluding hydrogens is 228 g/mol. The summed E-state index contributed by atoms with van der Waals surface area (Å²) >= 11 is 0. The Hall–Kier alpha value is -1.13. The Balaban J connectivity index is 2.07. The Morgan fingerprint density at radius 1 is 1.33 bits per heavy atom. The fourth-order valence-electron chi connectivity index (χ4n) is 2.35. The molecule has 0 aromatic carbocycles. The third-order valence-electron chi connectivity index (χ3n) is 3.63. The zero-order valence-corrected chi connectivity index (χ0v) is 11.1. The molecule has 0 spiro atoms. The predicted molar refractivity (Wildman–Crippen MR) is 71.6 cm³/mol. The van der Waals surface area contributed by atoms with E-state index < -0.39 is 11.7 Å². The molecule has 1 saturated heterocycles. The normalized spacial score (nSPS) is 26.8. The zero-order chi connectivity index (χ0) is 13.2. The number of rotatable bonds is 2. The van der Waals surface area contributed by atoms with E-state index in [1.54, 1.807) is 6.92 Å². The van der Waals surface area contributed by atoms with E-state index in [4.69, 9.17) is 0 Å². The van der Waals surface area contributed by atoms with Crippen molar-refractivity contribution in [3.05, 3.63) is 24.0 Å². The van der Waals surface area contributed by atoms with Crippen LogP contribution in [0, 0.1) is 0 Å². The fraction of sp³-hybridized carbons (Fsp3) is 0.643. The smallest absolute Gasteiger partial charge is 0.0931 e. The van der Waals surface area contributed by atoms with Gasteiger partial charge in [0.25, 0.3) is 0 Å². The lowest BCUT2D eigenvalue weighted by Crippen LogP contribution is -2.28. The van der Waals surface area contributed by atoms with Crippen LogP contribution < -0.4 is 4.90 Å². The molecule has 1 fully saturated rings. The van der Waals surface area contributed by atoms with E-state index in [1.165, 1.54) is 0 Å². The van der Waals surface area contributed by atoms with Crippen LogP contribution in [-0.4, -0.2) is 33.9 Å². The largest absolute Gasteiger partial charge is 0.390 e. The van der Waals surface area contributed by atoms with Gasteiger partial charge in [-0.2, -0.15) is 0 Å². The lowest BCUT2D eigenvalue weighted by atomic mass is 9.98. The number of aliphatic hydroxyl groups is 2. The second-order valence-corrected chi connectivity index (χ2v) is 5.45. The average molecular weight is 250 g/mol. The number of pyridine rings is 1. The Kier molecular flexibility index (Phi) is 3.88. The minimum absolute atomic E-state index is 0.524. The van der Waals surface area contributed by atoms with Crippen LogP contribution in [0.2, 0.25) is 0 Å². The van der Waals surface area contributed by atoms with Crippen LogP contribution in [-0.2, 0) is 0 Å². The highest BCUT2D eigenvalue weighted by Crippen LogP contribution is 2.25.